The Morgan fingerprint density at radius 1 is 0.893 bits per heavy atom. The van der Waals surface area contributed by atoms with Crippen LogP contribution in [0, 0.1) is 0 Å². The van der Waals surface area contributed by atoms with E-state index < -0.39 is 19.9 Å². The first-order valence-corrected chi connectivity index (χ1v) is 11.4. The lowest BCUT2D eigenvalue weighted by Gasteiger charge is -2.08. The van der Waals surface area contributed by atoms with Gasteiger partial charge in [-0.05, 0) is 42.5 Å². The summed E-state index contributed by atoms with van der Waals surface area (Å²) in [5.74, 6) is 0.351. The van der Waals surface area contributed by atoms with E-state index in [1.165, 1.54) is 12.1 Å². The van der Waals surface area contributed by atoms with Crippen LogP contribution in [-0.2, 0) is 19.9 Å². The van der Waals surface area contributed by atoms with Gasteiger partial charge < -0.3 is 5.32 Å². The van der Waals surface area contributed by atoms with Gasteiger partial charge in [-0.1, -0.05) is 19.1 Å². The van der Waals surface area contributed by atoms with E-state index in [0.717, 1.165) is 5.56 Å². The number of sulfone groups is 1. The molecule has 0 spiro atoms. The monoisotopic (exact) mass is 418 g/mol. The zero-order valence-electron chi connectivity index (χ0n) is 14.9. The molecule has 0 fully saturated rings. The molecule has 0 bridgehead atoms. The van der Waals surface area contributed by atoms with Gasteiger partial charge >= 0.3 is 0 Å². The summed E-state index contributed by atoms with van der Waals surface area (Å²) in [5, 5.41) is 8.06. The number of hydrogen-bond acceptors (Lipinski definition) is 7. The Bertz CT molecular complexity index is 1190. The number of primary sulfonamides is 1. The quantitative estimate of drug-likeness (QED) is 0.628. The van der Waals surface area contributed by atoms with Crippen LogP contribution in [0.15, 0.2) is 70.6 Å². The second-order valence-electron chi connectivity index (χ2n) is 5.89. The number of nitrogens with one attached hydrogen (secondary N) is 1. The summed E-state index contributed by atoms with van der Waals surface area (Å²) in [6.07, 6.45) is 1.57. The molecule has 10 heteroatoms. The third kappa shape index (κ3) is 4.53. The lowest BCUT2D eigenvalue weighted by Crippen LogP contribution is -2.11. The Morgan fingerprint density at radius 3 is 2.07 bits per heavy atom. The van der Waals surface area contributed by atoms with Gasteiger partial charge in [0.15, 0.2) is 9.84 Å². The van der Waals surface area contributed by atoms with E-state index in [0.29, 0.717) is 17.3 Å². The van der Waals surface area contributed by atoms with Crippen molar-refractivity contribution in [3.05, 3.63) is 60.8 Å². The van der Waals surface area contributed by atoms with Crippen molar-refractivity contribution < 1.29 is 16.8 Å². The second-order valence-corrected chi connectivity index (χ2v) is 9.73. The van der Waals surface area contributed by atoms with Crippen LogP contribution in [0.3, 0.4) is 0 Å². The van der Waals surface area contributed by atoms with Crippen LogP contribution in [0.1, 0.15) is 6.92 Å². The summed E-state index contributed by atoms with van der Waals surface area (Å²) in [4.78, 5) is 8.82. The number of sulfonamides is 1. The molecule has 0 atom stereocenters. The molecule has 3 rings (SSSR count). The zero-order valence-corrected chi connectivity index (χ0v) is 16.5. The number of hydrogen-bond donors (Lipinski definition) is 2. The molecule has 1 heterocycles. The molecule has 28 heavy (non-hydrogen) atoms. The second kappa shape index (κ2) is 7.66. The highest BCUT2D eigenvalue weighted by atomic mass is 32.2. The minimum atomic E-state index is -3.75. The van der Waals surface area contributed by atoms with E-state index in [2.05, 4.69) is 15.3 Å². The van der Waals surface area contributed by atoms with Crippen molar-refractivity contribution in [2.45, 2.75) is 16.7 Å². The van der Waals surface area contributed by atoms with E-state index in [-0.39, 0.29) is 15.5 Å². The van der Waals surface area contributed by atoms with E-state index in [1.54, 1.807) is 55.6 Å². The number of aromatic nitrogens is 2. The molecule has 3 N–H and O–H groups in total. The molecule has 0 aliphatic rings. The van der Waals surface area contributed by atoms with Crippen LogP contribution in [0.2, 0.25) is 0 Å². The van der Waals surface area contributed by atoms with Gasteiger partial charge in [-0.3, -0.25) is 0 Å². The summed E-state index contributed by atoms with van der Waals surface area (Å²) >= 11 is 0. The number of rotatable bonds is 6. The van der Waals surface area contributed by atoms with Crippen LogP contribution < -0.4 is 10.5 Å². The van der Waals surface area contributed by atoms with Crippen LogP contribution >= 0.6 is 0 Å². The number of nitrogens with zero attached hydrogens (tertiary/aromatic N) is 2. The normalized spacial score (nSPS) is 11.9. The smallest absolute Gasteiger partial charge is 0.238 e. The molecule has 0 amide bonds. The van der Waals surface area contributed by atoms with Crippen molar-refractivity contribution in [1.82, 2.24) is 9.97 Å². The van der Waals surface area contributed by atoms with Gasteiger partial charge in [0.05, 0.1) is 21.2 Å². The predicted molar refractivity (Wildman–Crippen MR) is 106 cm³/mol. The highest BCUT2D eigenvalue weighted by molar-refractivity contribution is 7.91. The molecule has 0 aliphatic carbocycles. The number of benzene rings is 2. The van der Waals surface area contributed by atoms with Gasteiger partial charge in [0, 0.05) is 17.4 Å². The average molecular weight is 419 g/mol. The van der Waals surface area contributed by atoms with Gasteiger partial charge in [-0.15, -0.1) is 0 Å². The fraction of sp³-hybridized carbons (Fsp3) is 0.111. The summed E-state index contributed by atoms with van der Waals surface area (Å²) in [5.41, 5.74) is 1.94. The SMILES string of the molecule is CCS(=O)(=O)c1ccc(-c2ccnc(Nc3ccc(S(N)(=O)=O)cc3)n2)cc1. The Morgan fingerprint density at radius 2 is 1.50 bits per heavy atom. The van der Waals surface area contributed by atoms with Crippen LogP contribution in [0.5, 0.6) is 0 Å². The minimum Gasteiger partial charge on any atom is -0.324 e. The van der Waals surface area contributed by atoms with Gasteiger partial charge in [0.2, 0.25) is 16.0 Å². The number of anilines is 2. The first kappa shape index (κ1) is 19.9. The molecule has 0 aliphatic heterocycles. The summed E-state index contributed by atoms with van der Waals surface area (Å²) in [6, 6.07) is 14.1. The molecule has 0 saturated carbocycles. The Labute approximate surface area is 163 Å². The molecular weight excluding hydrogens is 400 g/mol. The summed E-state index contributed by atoms with van der Waals surface area (Å²) in [7, 11) is -7.01. The van der Waals surface area contributed by atoms with Crippen molar-refractivity contribution in [1.29, 1.82) is 0 Å². The summed E-state index contributed by atoms with van der Waals surface area (Å²) in [6.45, 7) is 1.60. The van der Waals surface area contributed by atoms with Gasteiger partial charge in [-0.25, -0.2) is 31.9 Å². The van der Waals surface area contributed by atoms with Crippen LogP contribution in [-0.4, -0.2) is 32.6 Å². The third-order valence-electron chi connectivity index (χ3n) is 3.98. The molecular formula is C18H18N4O4S2. The van der Waals surface area contributed by atoms with Crippen molar-refractivity contribution in [2.75, 3.05) is 11.1 Å². The molecule has 0 saturated heterocycles. The van der Waals surface area contributed by atoms with Crippen molar-refractivity contribution in [2.24, 2.45) is 5.14 Å². The number of nitrogens with two attached hydrogens (primary N) is 1. The molecule has 0 unspecified atom stereocenters. The predicted octanol–water partition coefficient (Wildman–Crippen LogP) is 2.33. The molecule has 0 radical (unpaired) electrons. The first-order chi connectivity index (χ1) is 13.2. The Hall–Kier alpha value is -2.82. The molecule has 3 aromatic rings. The largest absolute Gasteiger partial charge is 0.324 e. The maximum Gasteiger partial charge on any atom is 0.238 e. The third-order valence-corrected chi connectivity index (χ3v) is 6.66. The van der Waals surface area contributed by atoms with Gasteiger partial charge in [-0.2, -0.15) is 0 Å². The van der Waals surface area contributed by atoms with Crippen LogP contribution in [0.25, 0.3) is 11.3 Å². The standard InChI is InChI=1S/C18H18N4O4S2/c1-2-27(23,24)15-7-3-13(4-8-15)17-11-12-20-18(22-17)21-14-5-9-16(10-6-14)28(19,25)26/h3-12H,2H2,1H3,(H2,19,25,26)(H,20,21,22). The molecule has 1 aromatic heterocycles. The maximum atomic E-state index is 11.9. The summed E-state index contributed by atoms with van der Waals surface area (Å²) < 4.78 is 46.4. The van der Waals surface area contributed by atoms with E-state index >= 15 is 0 Å². The maximum absolute atomic E-state index is 11.9. The lowest BCUT2D eigenvalue weighted by atomic mass is 10.1. The molecule has 8 nitrogen and oxygen atoms in total. The van der Waals surface area contributed by atoms with Gasteiger partial charge in [0.25, 0.3) is 0 Å². The van der Waals surface area contributed by atoms with Crippen molar-refractivity contribution >= 4 is 31.5 Å². The Balaban J connectivity index is 1.83. The van der Waals surface area contributed by atoms with Crippen molar-refractivity contribution in [3.63, 3.8) is 0 Å². The average Bonchev–Trinajstić information content (AvgIpc) is 2.68. The molecule has 2 aromatic carbocycles. The fourth-order valence-electron chi connectivity index (χ4n) is 2.44. The van der Waals surface area contributed by atoms with Crippen molar-refractivity contribution in [3.8, 4) is 11.3 Å². The highest BCUT2D eigenvalue weighted by Crippen LogP contribution is 2.22. The first-order valence-electron chi connectivity index (χ1n) is 8.25. The highest BCUT2D eigenvalue weighted by Gasteiger charge is 2.12. The topological polar surface area (TPSA) is 132 Å². The van der Waals surface area contributed by atoms with Gasteiger partial charge in [0.1, 0.15) is 0 Å². The molecule has 146 valence electrons. The lowest BCUT2D eigenvalue weighted by molar-refractivity contribution is 0.596. The fourth-order valence-corrected chi connectivity index (χ4v) is 3.84. The minimum absolute atomic E-state index is 0.00911. The van der Waals surface area contributed by atoms with E-state index in [1.807, 2.05) is 0 Å². The van der Waals surface area contributed by atoms with Crippen LogP contribution in [0.4, 0.5) is 11.6 Å². The van der Waals surface area contributed by atoms with E-state index in [9.17, 15) is 16.8 Å². The zero-order chi connectivity index (χ0) is 20.4. The van der Waals surface area contributed by atoms with E-state index in [4.69, 9.17) is 5.14 Å². The Kier molecular flexibility index (Phi) is 5.45.